The zero-order valence-electron chi connectivity index (χ0n) is 16.6. The van der Waals surface area contributed by atoms with Crippen molar-refractivity contribution in [2.75, 3.05) is 33.2 Å². The smallest absolute Gasteiger partial charge is 0.240 e. The summed E-state index contributed by atoms with van der Waals surface area (Å²) in [5, 5.41) is 3.06. The molecule has 0 bridgehead atoms. The first kappa shape index (κ1) is 19.0. The van der Waals surface area contributed by atoms with Gasteiger partial charge in [0, 0.05) is 38.3 Å². The Morgan fingerprint density at radius 3 is 2.46 bits per heavy atom. The molecule has 1 N–H and O–H groups in total. The van der Waals surface area contributed by atoms with Crippen LogP contribution in [0, 0.1) is 0 Å². The second-order valence-corrected chi connectivity index (χ2v) is 7.87. The normalized spacial score (nSPS) is 20.1. The molecule has 2 fully saturated rings. The molecule has 148 valence electrons. The predicted molar refractivity (Wildman–Crippen MR) is 110 cm³/mol. The highest BCUT2D eigenvalue weighted by atomic mass is 16.5. The van der Waals surface area contributed by atoms with Gasteiger partial charge in [0.25, 0.3) is 0 Å². The molecule has 5 heteroatoms. The summed E-state index contributed by atoms with van der Waals surface area (Å²) in [5.41, 5.74) is 2.05. The summed E-state index contributed by atoms with van der Waals surface area (Å²) in [6, 6.07) is 18.5. The van der Waals surface area contributed by atoms with Gasteiger partial charge in [-0.15, -0.1) is 0 Å². The molecule has 0 saturated carbocycles. The van der Waals surface area contributed by atoms with E-state index in [1.807, 2.05) is 30.3 Å². The number of amides is 1. The van der Waals surface area contributed by atoms with Gasteiger partial charge >= 0.3 is 0 Å². The van der Waals surface area contributed by atoms with Crippen LogP contribution in [0.15, 0.2) is 54.6 Å². The van der Waals surface area contributed by atoms with E-state index in [9.17, 15) is 4.79 Å². The fraction of sp³-hybridized carbons (Fsp3) is 0.435. The van der Waals surface area contributed by atoms with E-state index in [4.69, 9.17) is 4.74 Å². The Balaban J connectivity index is 1.38. The molecule has 0 aliphatic carbocycles. The van der Waals surface area contributed by atoms with Gasteiger partial charge in [-0.25, -0.2) is 0 Å². The fourth-order valence-corrected chi connectivity index (χ4v) is 4.33. The van der Waals surface area contributed by atoms with Crippen LogP contribution < -0.4 is 10.1 Å². The van der Waals surface area contributed by atoms with Crippen LogP contribution in [-0.2, 0) is 17.9 Å². The maximum absolute atomic E-state index is 12.5. The molecular weight excluding hydrogens is 350 g/mol. The summed E-state index contributed by atoms with van der Waals surface area (Å²) in [5.74, 6) is 1.15. The molecule has 2 heterocycles. The van der Waals surface area contributed by atoms with E-state index in [0.29, 0.717) is 6.61 Å². The summed E-state index contributed by atoms with van der Waals surface area (Å²) < 4.78 is 6.11. The Bertz CT molecular complexity index is 801. The van der Waals surface area contributed by atoms with Crippen LogP contribution in [0.25, 0.3) is 0 Å². The fourth-order valence-electron chi connectivity index (χ4n) is 4.33. The highest BCUT2D eigenvalue weighted by Gasteiger charge is 2.46. The molecular formula is C23H29N3O2. The summed E-state index contributed by atoms with van der Waals surface area (Å²) >= 11 is 0. The SMILES string of the molecule is CN1CCNC(=O)C12CCN(Cc1ccccc1OCc1ccccc1)CC2. The van der Waals surface area contributed by atoms with Crippen LogP contribution >= 0.6 is 0 Å². The Hall–Kier alpha value is -2.37. The average Bonchev–Trinajstić information content (AvgIpc) is 2.73. The van der Waals surface area contributed by atoms with Gasteiger partial charge in [0.2, 0.25) is 5.91 Å². The van der Waals surface area contributed by atoms with Crippen LogP contribution in [-0.4, -0.2) is 54.5 Å². The second kappa shape index (κ2) is 8.33. The van der Waals surface area contributed by atoms with Crippen molar-refractivity contribution in [1.29, 1.82) is 0 Å². The lowest BCUT2D eigenvalue weighted by atomic mass is 9.83. The third-order valence-corrected chi connectivity index (χ3v) is 6.17. The van der Waals surface area contributed by atoms with Crippen molar-refractivity contribution in [3.63, 3.8) is 0 Å². The number of hydrogen-bond donors (Lipinski definition) is 1. The number of carbonyl (C=O) groups excluding carboxylic acids is 1. The van der Waals surface area contributed by atoms with E-state index < -0.39 is 0 Å². The molecule has 28 heavy (non-hydrogen) atoms. The molecule has 1 amide bonds. The van der Waals surface area contributed by atoms with Gasteiger partial charge in [-0.1, -0.05) is 48.5 Å². The third kappa shape index (κ3) is 3.91. The van der Waals surface area contributed by atoms with Crippen LogP contribution in [0.4, 0.5) is 0 Å². The van der Waals surface area contributed by atoms with Gasteiger partial charge < -0.3 is 10.1 Å². The number of para-hydroxylation sites is 1. The first-order chi connectivity index (χ1) is 13.7. The van der Waals surface area contributed by atoms with Gasteiger partial charge in [0.05, 0.1) is 0 Å². The first-order valence-electron chi connectivity index (χ1n) is 10.1. The van der Waals surface area contributed by atoms with Gasteiger partial charge in [0.1, 0.15) is 17.9 Å². The van der Waals surface area contributed by atoms with Gasteiger partial charge in [-0.2, -0.15) is 0 Å². The molecule has 2 aromatic carbocycles. The molecule has 2 aliphatic heterocycles. The number of hydrogen-bond acceptors (Lipinski definition) is 4. The maximum atomic E-state index is 12.5. The zero-order valence-corrected chi connectivity index (χ0v) is 16.6. The van der Waals surface area contributed by atoms with Crippen molar-refractivity contribution in [2.45, 2.75) is 31.5 Å². The van der Waals surface area contributed by atoms with E-state index in [1.54, 1.807) is 0 Å². The number of piperidine rings is 1. The highest BCUT2D eigenvalue weighted by molar-refractivity contribution is 5.87. The monoisotopic (exact) mass is 379 g/mol. The Kier molecular flexibility index (Phi) is 5.64. The average molecular weight is 380 g/mol. The summed E-state index contributed by atoms with van der Waals surface area (Å²) in [4.78, 5) is 17.2. The molecule has 5 nitrogen and oxygen atoms in total. The van der Waals surface area contributed by atoms with Gasteiger partial charge in [-0.3, -0.25) is 14.6 Å². The van der Waals surface area contributed by atoms with Gasteiger partial charge in [-0.05, 0) is 31.5 Å². The molecule has 0 radical (unpaired) electrons. The Labute approximate surface area is 167 Å². The number of nitrogens with one attached hydrogen (secondary N) is 1. The highest BCUT2D eigenvalue weighted by Crippen LogP contribution is 2.31. The molecule has 2 aromatic rings. The van der Waals surface area contributed by atoms with Crippen molar-refractivity contribution in [3.05, 3.63) is 65.7 Å². The molecule has 0 unspecified atom stereocenters. The predicted octanol–water partition coefficient (Wildman–Crippen LogP) is 2.66. The van der Waals surface area contributed by atoms with Crippen molar-refractivity contribution < 1.29 is 9.53 Å². The number of piperazine rings is 1. The number of likely N-dealkylation sites (N-methyl/N-ethyl adjacent to an activating group) is 1. The lowest BCUT2D eigenvalue weighted by molar-refractivity contribution is -0.140. The van der Waals surface area contributed by atoms with Crippen molar-refractivity contribution >= 4 is 5.91 Å². The number of likely N-dealkylation sites (tertiary alicyclic amines) is 1. The number of nitrogens with zero attached hydrogens (tertiary/aromatic N) is 2. The molecule has 2 aliphatic rings. The summed E-state index contributed by atoms with van der Waals surface area (Å²) in [6.45, 7) is 4.96. The van der Waals surface area contributed by atoms with E-state index in [-0.39, 0.29) is 11.4 Å². The first-order valence-corrected chi connectivity index (χ1v) is 10.1. The zero-order chi connectivity index (χ0) is 19.4. The molecule has 0 aromatic heterocycles. The molecule has 4 rings (SSSR count). The largest absolute Gasteiger partial charge is 0.489 e. The van der Waals surface area contributed by atoms with E-state index in [2.05, 4.69) is 46.4 Å². The van der Waals surface area contributed by atoms with E-state index >= 15 is 0 Å². The number of carbonyl (C=O) groups is 1. The number of ether oxygens (including phenoxy) is 1. The second-order valence-electron chi connectivity index (χ2n) is 7.87. The molecule has 1 spiro atoms. The minimum absolute atomic E-state index is 0.201. The third-order valence-electron chi connectivity index (χ3n) is 6.17. The van der Waals surface area contributed by atoms with Crippen LogP contribution in [0.3, 0.4) is 0 Å². The van der Waals surface area contributed by atoms with E-state index in [1.165, 1.54) is 11.1 Å². The minimum atomic E-state index is -0.321. The van der Waals surface area contributed by atoms with Crippen LogP contribution in [0.2, 0.25) is 0 Å². The summed E-state index contributed by atoms with van der Waals surface area (Å²) in [6.07, 6.45) is 1.75. The van der Waals surface area contributed by atoms with Crippen molar-refractivity contribution in [1.82, 2.24) is 15.1 Å². The quantitative estimate of drug-likeness (QED) is 0.868. The molecule has 0 atom stereocenters. The summed E-state index contributed by atoms with van der Waals surface area (Å²) in [7, 11) is 2.08. The minimum Gasteiger partial charge on any atom is -0.489 e. The Morgan fingerprint density at radius 1 is 1.00 bits per heavy atom. The van der Waals surface area contributed by atoms with Crippen molar-refractivity contribution in [3.8, 4) is 5.75 Å². The Morgan fingerprint density at radius 2 is 1.71 bits per heavy atom. The lowest BCUT2D eigenvalue weighted by Crippen LogP contribution is -2.66. The lowest BCUT2D eigenvalue weighted by Gasteiger charge is -2.48. The molecule has 2 saturated heterocycles. The van der Waals surface area contributed by atoms with Crippen LogP contribution in [0.1, 0.15) is 24.0 Å². The van der Waals surface area contributed by atoms with E-state index in [0.717, 1.165) is 51.3 Å². The topological polar surface area (TPSA) is 44.8 Å². The maximum Gasteiger partial charge on any atom is 0.240 e. The van der Waals surface area contributed by atoms with Gasteiger partial charge in [0.15, 0.2) is 0 Å². The number of rotatable bonds is 5. The standard InChI is InChI=1S/C23H29N3O2/c1-25-16-13-24-22(27)23(25)11-14-26(15-12-23)17-20-9-5-6-10-21(20)28-18-19-7-3-2-4-8-19/h2-10H,11-18H2,1H3,(H,24,27). The van der Waals surface area contributed by atoms with Crippen molar-refractivity contribution in [2.24, 2.45) is 0 Å². The number of benzene rings is 2. The van der Waals surface area contributed by atoms with Crippen LogP contribution in [0.5, 0.6) is 5.75 Å².